The van der Waals surface area contributed by atoms with Crippen LogP contribution in [0.15, 0.2) is 41.3 Å². The normalized spacial score (nSPS) is 14.7. The lowest BCUT2D eigenvalue weighted by molar-refractivity contribution is 0.181. The molecule has 1 aliphatic heterocycles. The van der Waals surface area contributed by atoms with Crippen molar-refractivity contribution in [2.75, 3.05) is 23.4 Å². The number of aromatic nitrogens is 5. The molecule has 1 aliphatic rings. The van der Waals surface area contributed by atoms with Gasteiger partial charge in [0.05, 0.1) is 6.54 Å². The molecule has 1 fully saturated rings. The van der Waals surface area contributed by atoms with Crippen molar-refractivity contribution in [1.29, 1.82) is 0 Å². The van der Waals surface area contributed by atoms with E-state index in [0.717, 1.165) is 24.8 Å². The van der Waals surface area contributed by atoms with Crippen LogP contribution in [0.1, 0.15) is 38.1 Å². The molecule has 0 aromatic carbocycles. The van der Waals surface area contributed by atoms with Crippen molar-refractivity contribution in [2.24, 2.45) is 0 Å². The number of hydrogen-bond donors (Lipinski definition) is 1. The fourth-order valence-electron chi connectivity index (χ4n) is 2.98. The van der Waals surface area contributed by atoms with Gasteiger partial charge in [0, 0.05) is 24.2 Å². The molecular formula is C19H21N7O3. The zero-order valence-electron chi connectivity index (χ0n) is 16.0. The molecule has 150 valence electrons. The van der Waals surface area contributed by atoms with Gasteiger partial charge in [0.1, 0.15) is 18.5 Å². The number of carbonyl (C=O) groups is 1. The van der Waals surface area contributed by atoms with E-state index in [1.165, 1.54) is 4.90 Å². The number of carbonyl (C=O) groups excluding carboxylic acids is 1. The van der Waals surface area contributed by atoms with Crippen molar-refractivity contribution in [2.45, 2.75) is 32.2 Å². The van der Waals surface area contributed by atoms with Gasteiger partial charge >= 0.3 is 6.09 Å². The predicted octanol–water partition coefficient (Wildman–Crippen LogP) is 3.22. The molecule has 0 spiro atoms. The second-order valence-electron chi connectivity index (χ2n) is 6.54. The van der Waals surface area contributed by atoms with Crippen LogP contribution in [0.25, 0.3) is 11.4 Å². The molecule has 0 aliphatic carbocycles. The number of pyridine rings is 1. The second-order valence-corrected chi connectivity index (χ2v) is 6.54. The van der Waals surface area contributed by atoms with E-state index in [1.807, 2.05) is 12.1 Å². The second kappa shape index (κ2) is 8.63. The third-order valence-electron chi connectivity index (χ3n) is 4.49. The molecule has 0 saturated carbocycles. The highest BCUT2D eigenvalue weighted by atomic mass is 16.6. The first-order valence-electron chi connectivity index (χ1n) is 9.52. The summed E-state index contributed by atoms with van der Waals surface area (Å²) in [5, 5.41) is 7.33. The van der Waals surface area contributed by atoms with Crippen LogP contribution >= 0.6 is 0 Å². The van der Waals surface area contributed by atoms with Crippen LogP contribution in [0.5, 0.6) is 0 Å². The molecule has 1 N–H and O–H groups in total. The lowest BCUT2D eigenvalue weighted by Crippen LogP contribution is -2.25. The molecule has 0 bridgehead atoms. The lowest BCUT2D eigenvalue weighted by atomic mass is 10.1. The Bertz CT molecular complexity index is 963. The van der Waals surface area contributed by atoms with Crippen LogP contribution in [0.4, 0.5) is 16.6 Å². The number of ether oxygens (including phenoxy) is 1. The highest BCUT2D eigenvalue weighted by Crippen LogP contribution is 2.25. The maximum absolute atomic E-state index is 11.8. The largest absolute Gasteiger partial charge is 0.447 e. The molecule has 10 nitrogen and oxygen atoms in total. The van der Waals surface area contributed by atoms with Gasteiger partial charge < -0.3 is 14.6 Å². The first-order chi connectivity index (χ1) is 14.2. The zero-order valence-corrected chi connectivity index (χ0v) is 16.0. The maximum Gasteiger partial charge on any atom is 0.415 e. The van der Waals surface area contributed by atoms with E-state index in [-0.39, 0.29) is 6.04 Å². The van der Waals surface area contributed by atoms with Crippen molar-refractivity contribution in [3.63, 3.8) is 0 Å². The van der Waals surface area contributed by atoms with Crippen molar-refractivity contribution in [1.82, 2.24) is 25.1 Å². The minimum Gasteiger partial charge on any atom is -0.447 e. The zero-order chi connectivity index (χ0) is 20.1. The Hall–Kier alpha value is -3.56. The first kappa shape index (κ1) is 18.8. The number of cyclic esters (lactones) is 1. The van der Waals surface area contributed by atoms with E-state index in [0.29, 0.717) is 36.6 Å². The monoisotopic (exact) mass is 395 g/mol. The smallest absolute Gasteiger partial charge is 0.415 e. The molecule has 3 aromatic heterocycles. The molecule has 0 radical (unpaired) electrons. The van der Waals surface area contributed by atoms with Crippen LogP contribution in [-0.4, -0.2) is 44.3 Å². The number of unbranched alkanes of at least 4 members (excludes halogenated alkanes) is 1. The van der Waals surface area contributed by atoms with Gasteiger partial charge in [-0.05, 0) is 24.6 Å². The number of rotatable bonds is 8. The highest BCUT2D eigenvalue weighted by molar-refractivity contribution is 5.88. The third kappa shape index (κ3) is 4.31. The highest BCUT2D eigenvalue weighted by Gasteiger charge is 2.26. The summed E-state index contributed by atoms with van der Waals surface area (Å²) in [5.41, 5.74) is 0.780. The summed E-state index contributed by atoms with van der Waals surface area (Å²) in [5.74, 6) is 1.79. The summed E-state index contributed by atoms with van der Waals surface area (Å²) in [7, 11) is 0. The van der Waals surface area contributed by atoms with Crippen LogP contribution in [0.2, 0.25) is 0 Å². The van der Waals surface area contributed by atoms with Gasteiger partial charge in [0.2, 0.25) is 17.7 Å². The molecule has 1 atom stereocenters. The molecule has 3 aromatic rings. The van der Waals surface area contributed by atoms with Gasteiger partial charge in [-0.15, -0.1) is 0 Å². The molecule has 10 heteroatoms. The van der Waals surface area contributed by atoms with Crippen molar-refractivity contribution in [3.05, 3.63) is 42.7 Å². The summed E-state index contributed by atoms with van der Waals surface area (Å²) in [6.45, 7) is 2.93. The minimum atomic E-state index is -0.407. The van der Waals surface area contributed by atoms with Crippen molar-refractivity contribution < 1.29 is 14.1 Å². The first-order valence-corrected chi connectivity index (χ1v) is 9.52. The van der Waals surface area contributed by atoms with Crippen LogP contribution in [0.3, 0.4) is 0 Å². The molecule has 4 heterocycles. The van der Waals surface area contributed by atoms with Gasteiger partial charge in [-0.1, -0.05) is 24.9 Å². The van der Waals surface area contributed by atoms with Gasteiger partial charge in [0.15, 0.2) is 0 Å². The fourth-order valence-corrected chi connectivity index (χ4v) is 2.98. The predicted molar refractivity (Wildman–Crippen MR) is 104 cm³/mol. The Morgan fingerprint density at radius 1 is 1.28 bits per heavy atom. The standard InChI is InChI=1S/C19H21N7O3/c1-2-3-6-14(17-24-16(25-29-17)13-5-4-8-20-12-13)22-18-21-9-7-15(23-18)26-10-11-28-19(26)27/h4-5,7-9,12,14H,2-3,6,10-11H2,1H3,(H,21,22,23). The van der Waals surface area contributed by atoms with Gasteiger partial charge in [0.25, 0.3) is 0 Å². The Labute approximate surface area is 167 Å². The lowest BCUT2D eigenvalue weighted by Gasteiger charge is -2.16. The molecule has 1 saturated heterocycles. The Balaban J connectivity index is 1.55. The molecule has 1 unspecified atom stereocenters. The van der Waals surface area contributed by atoms with Crippen molar-refractivity contribution >= 4 is 17.9 Å². The average Bonchev–Trinajstić information content (AvgIpc) is 3.41. The summed E-state index contributed by atoms with van der Waals surface area (Å²) < 4.78 is 10.5. The van der Waals surface area contributed by atoms with Crippen LogP contribution < -0.4 is 10.2 Å². The van der Waals surface area contributed by atoms with E-state index >= 15 is 0 Å². The van der Waals surface area contributed by atoms with Crippen molar-refractivity contribution in [3.8, 4) is 11.4 Å². The average molecular weight is 395 g/mol. The SMILES string of the molecule is CCCCC(Nc1nccc(N2CCOC2=O)n1)c1nc(-c2cccnc2)no1. The van der Waals surface area contributed by atoms with E-state index in [2.05, 4.69) is 37.3 Å². The van der Waals surface area contributed by atoms with E-state index in [9.17, 15) is 4.79 Å². The number of nitrogens with one attached hydrogen (secondary N) is 1. The van der Waals surface area contributed by atoms with E-state index in [4.69, 9.17) is 9.26 Å². The topological polar surface area (TPSA) is 119 Å². The number of amides is 1. The third-order valence-corrected chi connectivity index (χ3v) is 4.49. The molecule has 4 rings (SSSR count). The fraction of sp³-hybridized carbons (Fsp3) is 0.368. The Morgan fingerprint density at radius 3 is 2.97 bits per heavy atom. The van der Waals surface area contributed by atoms with Crippen LogP contribution in [0, 0.1) is 0 Å². The maximum atomic E-state index is 11.8. The van der Waals surface area contributed by atoms with E-state index in [1.54, 1.807) is 24.7 Å². The quantitative estimate of drug-likeness (QED) is 0.613. The number of anilines is 2. The Kier molecular flexibility index (Phi) is 5.59. The summed E-state index contributed by atoms with van der Waals surface area (Å²) in [4.78, 5) is 30.6. The van der Waals surface area contributed by atoms with E-state index < -0.39 is 6.09 Å². The number of nitrogens with zero attached hydrogens (tertiary/aromatic N) is 6. The molecular weight excluding hydrogens is 374 g/mol. The molecule has 1 amide bonds. The Morgan fingerprint density at radius 2 is 2.21 bits per heavy atom. The summed E-state index contributed by atoms with van der Waals surface area (Å²) in [6, 6.07) is 5.11. The van der Waals surface area contributed by atoms with Gasteiger partial charge in [-0.3, -0.25) is 9.88 Å². The summed E-state index contributed by atoms with van der Waals surface area (Å²) >= 11 is 0. The van der Waals surface area contributed by atoms with Gasteiger partial charge in [-0.25, -0.2) is 9.78 Å². The van der Waals surface area contributed by atoms with Gasteiger partial charge in [-0.2, -0.15) is 9.97 Å². The molecule has 29 heavy (non-hydrogen) atoms. The minimum absolute atomic E-state index is 0.256. The summed E-state index contributed by atoms with van der Waals surface area (Å²) in [6.07, 6.45) is 7.31. The van der Waals surface area contributed by atoms with Crippen LogP contribution in [-0.2, 0) is 4.74 Å². The number of hydrogen-bond acceptors (Lipinski definition) is 9.